The quantitative estimate of drug-likeness (QED) is 0.825. The maximum absolute atomic E-state index is 10.1. The van der Waals surface area contributed by atoms with Crippen molar-refractivity contribution in [3.8, 4) is 11.5 Å². The lowest BCUT2D eigenvalue weighted by atomic mass is 9.81. The van der Waals surface area contributed by atoms with Crippen LogP contribution in [0.25, 0.3) is 0 Å². The number of para-hydroxylation sites is 2. The summed E-state index contributed by atoms with van der Waals surface area (Å²) in [7, 11) is 1.63. The van der Waals surface area contributed by atoms with Crippen LogP contribution < -0.4 is 15.2 Å². The summed E-state index contributed by atoms with van der Waals surface area (Å²) >= 11 is 0. The van der Waals surface area contributed by atoms with Crippen LogP contribution in [0.3, 0.4) is 0 Å². The van der Waals surface area contributed by atoms with Crippen LogP contribution in [0.2, 0.25) is 0 Å². The molecule has 0 saturated heterocycles. The van der Waals surface area contributed by atoms with Crippen molar-refractivity contribution in [1.29, 1.82) is 0 Å². The number of methoxy groups -OCH3 is 1. The minimum atomic E-state index is -0.293. The first-order chi connectivity index (χ1) is 9.22. The van der Waals surface area contributed by atoms with Gasteiger partial charge in [0, 0.05) is 12.0 Å². The number of rotatable bonds is 6. The molecule has 0 bridgehead atoms. The Morgan fingerprint density at radius 1 is 1.37 bits per heavy atom. The monoisotopic (exact) mass is 265 g/mol. The average molecular weight is 265 g/mol. The third kappa shape index (κ3) is 3.01. The minimum Gasteiger partial charge on any atom is -0.493 e. The van der Waals surface area contributed by atoms with E-state index in [-0.39, 0.29) is 11.5 Å². The largest absolute Gasteiger partial charge is 0.493 e. The molecule has 1 aromatic carbocycles. The maximum Gasteiger partial charge on any atom is 0.161 e. The van der Waals surface area contributed by atoms with E-state index in [1.165, 1.54) is 0 Å². The third-order valence-electron chi connectivity index (χ3n) is 4.19. The minimum absolute atomic E-state index is 0.165. The van der Waals surface area contributed by atoms with Gasteiger partial charge in [-0.05, 0) is 31.4 Å². The molecule has 0 spiro atoms. The number of nitrogens with two attached hydrogens (primary N) is 1. The Bertz CT molecular complexity index is 410. The molecule has 19 heavy (non-hydrogen) atoms. The van der Waals surface area contributed by atoms with Crippen molar-refractivity contribution < 1.29 is 14.6 Å². The van der Waals surface area contributed by atoms with Crippen molar-refractivity contribution in [1.82, 2.24) is 0 Å². The Hall–Kier alpha value is -1.26. The van der Waals surface area contributed by atoms with E-state index in [9.17, 15) is 5.11 Å². The van der Waals surface area contributed by atoms with Crippen LogP contribution in [-0.4, -0.2) is 31.5 Å². The van der Waals surface area contributed by atoms with Gasteiger partial charge < -0.3 is 20.3 Å². The standard InChI is InChI=1S/C15H23NO3/c1-18-12-5-2-3-6-13(12)19-10-9-15(11-16)8-4-7-14(15)17/h2-3,5-6,14,17H,4,7-11,16H2,1H3. The van der Waals surface area contributed by atoms with Crippen LogP contribution in [0.5, 0.6) is 11.5 Å². The summed E-state index contributed by atoms with van der Waals surface area (Å²) in [5, 5.41) is 10.1. The molecule has 106 valence electrons. The van der Waals surface area contributed by atoms with E-state index in [0.717, 1.165) is 37.2 Å². The number of aliphatic hydroxyl groups is 1. The second-order valence-electron chi connectivity index (χ2n) is 5.22. The molecule has 1 aliphatic carbocycles. The highest BCUT2D eigenvalue weighted by molar-refractivity contribution is 5.39. The molecule has 1 aromatic rings. The van der Waals surface area contributed by atoms with E-state index >= 15 is 0 Å². The summed E-state index contributed by atoms with van der Waals surface area (Å²) in [6.07, 6.45) is 3.38. The zero-order valence-electron chi connectivity index (χ0n) is 11.5. The Morgan fingerprint density at radius 2 is 2.11 bits per heavy atom. The molecule has 1 saturated carbocycles. The molecule has 0 radical (unpaired) electrons. The molecule has 2 atom stereocenters. The predicted octanol–water partition coefficient (Wildman–Crippen LogP) is 1.95. The van der Waals surface area contributed by atoms with Gasteiger partial charge in [-0.3, -0.25) is 0 Å². The summed E-state index contributed by atoms with van der Waals surface area (Å²) in [6.45, 7) is 1.07. The SMILES string of the molecule is COc1ccccc1OCCC1(CN)CCCC1O. The molecule has 0 aromatic heterocycles. The van der Waals surface area contributed by atoms with Crippen LogP contribution in [0.15, 0.2) is 24.3 Å². The number of hydrogen-bond acceptors (Lipinski definition) is 4. The van der Waals surface area contributed by atoms with Gasteiger partial charge in [0.2, 0.25) is 0 Å². The Kier molecular flexibility index (Phi) is 4.66. The first kappa shape index (κ1) is 14.2. The molecule has 4 nitrogen and oxygen atoms in total. The van der Waals surface area contributed by atoms with E-state index < -0.39 is 0 Å². The van der Waals surface area contributed by atoms with Gasteiger partial charge in [0.1, 0.15) is 0 Å². The lowest BCUT2D eigenvalue weighted by Crippen LogP contribution is -2.39. The fourth-order valence-electron chi connectivity index (χ4n) is 2.85. The Balaban J connectivity index is 1.92. The van der Waals surface area contributed by atoms with Crippen molar-refractivity contribution in [3.05, 3.63) is 24.3 Å². The van der Waals surface area contributed by atoms with E-state index in [4.69, 9.17) is 15.2 Å². The van der Waals surface area contributed by atoms with E-state index in [2.05, 4.69) is 0 Å². The summed E-state index contributed by atoms with van der Waals surface area (Å²) in [5.74, 6) is 1.47. The van der Waals surface area contributed by atoms with Gasteiger partial charge in [-0.25, -0.2) is 0 Å². The van der Waals surface area contributed by atoms with Crippen molar-refractivity contribution >= 4 is 0 Å². The Morgan fingerprint density at radius 3 is 2.68 bits per heavy atom. The normalized spacial score (nSPS) is 26.4. The number of benzene rings is 1. The van der Waals surface area contributed by atoms with E-state index in [1.54, 1.807) is 7.11 Å². The summed E-state index contributed by atoms with van der Waals surface area (Å²) in [4.78, 5) is 0. The summed E-state index contributed by atoms with van der Waals surface area (Å²) < 4.78 is 11.0. The van der Waals surface area contributed by atoms with Crippen molar-refractivity contribution in [2.24, 2.45) is 11.1 Å². The smallest absolute Gasteiger partial charge is 0.161 e. The fraction of sp³-hybridized carbons (Fsp3) is 0.600. The van der Waals surface area contributed by atoms with Gasteiger partial charge in [0.05, 0.1) is 19.8 Å². The zero-order chi connectivity index (χ0) is 13.7. The topological polar surface area (TPSA) is 64.7 Å². The lowest BCUT2D eigenvalue weighted by molar-refractivity contribution is 0.0410. The number of aliphatic hydroxyl groups excluding tert-OH is 1. The molecule has 0 heterocycles. The van der Waals surface area contributed by atoms with Crippen molar-refractivity contribution in [3.63, 3.8) is 0 Å². The molecular weight excluding hydrogens is 242 g/mol. The maximum atomic E-state index is 10.1. The van der Waals surface area contributed by atoms with Gasteiger partial charge in [-0.1, -0.05) is 18.6 Å². The highest BCUT2D eigenvalue weighted by Crippen LogP contribution is 2.40. The zero-order valence-corrected chi connectivity index (χ0v) is 11.5. The molecule has 3 N–H and O–H groups in total. The van der Waals surface area contributed by atoms with Crippen LogP contribution >= 0.6 is 0 Å². The second-order valence-corrected chi connectivity index (χ2v) is 5.22. The molecule has 4 heteroatoms. The van der Waals surface area contributed by atoms with Gasteiger partial charge in [-0.2, -0.15) is 0 Å². The van der Waals surface area contributed by atoms with Crippen molar-refractivity contribution in [2.45, 2.75) is 31.8 Å². The lowest BCUT2D eigenvalue weighted by Gasteiger charge is -2.31. The highest BCUT2D eigenvalue weighted by atomic mass is 16.5. The van der Waals surface area contributed by atoms with E-state index in [0.29, 0.717) is 13.2 Å². The van der Waals surface area contributed by atoms with E-state index in [1.807, 2.05) is 24.3 Å². The summed E-state index contributed by atoms with van der Waals surface area (Å²) in [6, 6.07) is 7.59. The molecule has 2 rings (SSSR count). The molecule has 1 aliphatic rings. The van der Waals surface area contributed by atoms with Crippen LogP contribution in [0.1, 0.15) is 25.7 Å². The second kappa shape index (κ2) is 6.26. The van der Waals surface area contributed by atoms with Gasteiger partial charge >= 0.3 is 0 Å². The first-order valence-electron chi connectivity index (χ1n) is 6.86. The number of hydrogen-bond donors (Lipinski definition) is 2. The highest BCUT2D eigenvalue weighted by Gasteiger charge is 2.40. The molecular formula is C15H23NO3. The third-order valence-corrected chi connectivity index (χ3v) is 4.19. The fourth-order valence-corrected chi connectivity index (χ4v) is 2.85. The average Bonchev–Trinajstić information content (AvgIpc) is 2.81. The van der Waals surface area contributed by atoms with Crippen LogP contribution in [0, 0.1) is 5.41 Å². The predicted molar refractivity (Wildman–Crippen MR) is 74.5 cm³/mol. The van der Waals surface area contributed by atoms with Gasteiger partial charge in [-0.15, -0.1) is 0 Å². The molecule has 0 amide bonds. The van der Waals surface area contributed by atoms with Gasteiger partial charge in [0.25, 0.3) is 0 Å². The molecule has 2 unspecified atom stereocenters. The molecule has 0 aliphatic heterocycles. The van der Waals surface area contributed by atoms with Gasteiger partial charge in [0.15, 0.2) is 11.5 Å². The van der Waals surface area contributed by atoms with Crippen LogP contribution in [-0.2, 0) is 0 Å². The first-order valence-corrected chi connectivity index (χ1v) is 6.86. The molecule has 1 fully saturated rings. The number of ether oxygens (including phenoxy) is 2. The van der Waals surface area contributed by atoms with Crippen LogP contribution in [0.4, 0.5) is 0 Å². The Labute approximate surface area is 114 Å². The van der Waals surface area contributed by atoms with Crippen molar-refractivity contribution in [2.75, 3.05) is 20.3 Å². The summed E-state index contributed by atoms with van der Waals surface area (Å²) in [5.41, 5.74) is 5.69.